The number of hydrogen-bond donors (Lipinski definition) is 2. The zero-order chi connectivity index (χ0) is 14.8. The van der Waals surface area contributed by atoms with Gasteiger partial charge in [0.05, 0.1) is 25.0 Å². The number of rotatable bonds is 4. The fourth-order valence-corrected chi connectivity index (χ4v) is 3.95. The van der Waals surface area contributed by atoms with Crippen LogP contribution in [-0.2, 0) is 14.8 Å². The van der Waals surface area contributed by atoms with Gasteiger partial charge in [-0.3, -0.25) is 4.98 Å². The highest BCUT2D eigenvalue weighted by molar-refractivity contribution is 7.89. The molecule has 0 spiro atoms. The lowest BCUT2D eigenvalue weighted by Gasteiger charge is -2.36. The van der Waals surface area contributed by atoms with Crippen LogP contribution in [0.3, 0.4) is 0 Å². The number of pyridine rings is 1. The second-order valence-corrected chi connectivity index (χ2v) is 6.54. The number of aromatic nitrogens is 1. The molecule has 1 aromatic heterocycles. The molecule has 1 aromatic rings. The third-order valence-electron chi connectivity index (χ3n) is 3.29. The molecule has 1 saturated heterocycles. The average Bonchev–Trinajstić information content (AvgIpc) is 2.47. The topological polar surface area (TPSA) is 91.8 Å². The minimum atomic E-state index is -3.68. The Morgan fingerprint density at radius 3 is 3.00 bits per heavy atom. The number of nitrogens with zero attached hydrogens (tertiary/aromatic N) is 2. The van der Waals surface area contributed by atoms with Crippen molar-refractivity contribution in [3.05, 3.63) is 18.5 Å². The molecule has 1 aliphatic rings. The van der Waals surface area contributed by atoms with E-state index in [0.29, 0.717) is 5.69 Å². The van der Waals surface area contributed by atoms with Crippen LogP contribution >= 0.6 is 0 Å². The molecule has 2 rings (SSSR count). The summed E-state index contributed by atoms with van der Waals surface area (Å²) < 4.78 is 32.2. The number of aliphatic hydroxyl groups excluding tert-OH is 1. The van der Waals surface area contributed by atoms with Gasteiger partial charge in [-0.25, -0.2) is 8.42 Å². The molecule has 0 amide bonds. The Bertz CT molecular complexity index is 564. The van der Waals surface area contributed by atoms with E-state index in [0.717, 1.165) is 0 Å². The van der Waals surface area contributed by atoms with Crippen molar-refractivity contribution in [2.75, 3.05) is 32.1 Å². The van der Waals surface area contributed by atoms with Crippen LogP contribution in [0.2, 0.25) is 0 Å². The van der Waals surface area contributed by atoms with Gasteiger partial charge in [-0.15, -0.1) is 0 Å². The third kappa shape index (κ3) is 2.78. The molecule has 7 nitrogen and oxygen atoms in total. The summed E-state index contributed by atoms with van der Waals surface area (Å²) in [4.78, 5) is 4.02. The minimum absolute atomic E-state index is 0.132. The summed E-state index contributed by atoms with van der Waals surface area (Å²) in [5, 5.41) is 12.0. The van der Waals surface area contributed by atoms with Gasteiger partial charge in [0.2, 0.25) is 10.0 Å². The lowest BCUT2D eigenvalue weighted by Crippen LogP contribution is -2.51. The van der Waals surface area contributed by atoms with E-state index in [-0.39, 0.29) is 30.7 Å². The fraction of sp³-hybridized carbons (Fsp3) is 0.583. The predicted molar refractivity (Wildman–Crippen MR) is 74.0 cm³/mol. The van der Waals surface area contributed by atoms with Gasteiger partial charge < -0.3 is 15.2 Å². The highest BCUT2D eigenvalue weighted by atomic mass is 32.2. The number of hydrogen-bond acceptors (Lipinski definition) is 6. The van der Waals surface area contributed by atoms with Gasteiger partial charge in [0.15, 0.2) is 0 Å². The number of sulfonamides is 1. The van der Waals surface area contributed by atoms with Gasteiger partial charge in [0.1, 0.15) is 4.90 Å². The van der Waals surface area contributed by atoms with Crippen LogP contribution in [0.5, 0.6) is 0 Å². The summed E-state index contributed by atoms with van der Waals surface area (Å²) in [6, 6.07) is 1.33. The molecule has 0 aliphatic carbocycles. The van der Waals surface area contributed by atoms with Crippen LogP contribution in [0.25, 0.3) is 0 Å². The van der Waals surface area contributed by atoms with E-state index in [2.05, 4.69) is 10.3 Å². The third-order valence-corrected chi connectivity index (χ3v) is 5.30. The van der Waals surface area contributed by atoms with Crippen LogP contribution in [0, 0.1) is 0 Å². The molecule has 0 saturated carbocycles. The molecule has 1 aliphatic heterocycles. The minimum Gasteiger partial charge on any atom is -0.394 e. The van der Waals surface area contributed by atoms with Crippen LogP contribution in [0.1, 0.15) is 6.92 Å². The largest absolute Gasteiger partial charge is 0.394 e. The Morgan fingerprint density at radius 1 is 1.60 bits per heavy atom. The molecule has 2 atom stereocenters. The van der Waals surface area contributed by atoms with Gasteiger partial charge in [0, 0.05) is 32.0 Å². The van der Waals surface area contributed by atoms with Gasteiger partial charge in [-0.1, -0.05) is 0 Å². The SMILES string of the molecule is CNc1ccncc1S(=O)(=O)N1CC(CO)OCC1C. The van der Waals surface area contributed by atoms with Crippen molar-refractivity contribution in [2.45, 2.75) is 24.0 Å². The van der Waals surface area contributed by atoms with Crippen molar-refractivity contribution >= 4 is 15.7 Å². The van der Waals surface area contributed by atoms with Crippen molar-refractivity contribution in [2.24, 2.45) is 0 Å². The van der Waals surface area contributed by atoms with Crippen LogP contribution in [0.15, 0.2) is 23.4 Å². The lowest BCUT2D eigenvalue weighted by molar-refractivity contribution is -0.0516. The molecular formula is C12H19N3O4S. The lowest BCUT2D eigenvalue weighted by atomic mass is 10.2. The molecular weight excluding hydrogens is 282 g/mol. The number of anilines is 1. The van der Waals surface area contributed by atoms with Crippen molar-refractivity contribution in [1.29, 1.82) is 0 Å². The second-order valence-electron chi connectivity index (χ2n) is 4.68. The maximum absolute atomic E-state index is 12.7. The molecule has 2 heterocycles. The summed E-state index contributed by atoms with van der Waals surface area (Å²) in [5.74, 6) is 0. The first-order valence-electron chi connectivity index (χ1n) is 6.36. The molecule has 0 bridgehead atoms. The first kappa shape index (κ1) is 15.2. The molecule has 2 N–H and O–H groups in total. The maximum Gasteiger partial charge on any atom is 0.247 e. The quantitative estimate of drug-likeness (QED) is 0.806. The Morgan fingerprint density at radius 2 is 2.35 bits per heavy atom. The first-order valence-corrected chi connectivity index (χ1v) is 7.80. The number of morpholine rings is 1. The average molecular weight is 301 g/mol. The van der Waals surface area contributed by atoms with E-state index >= 15 is 0 Å². The second kappa shape index (κ2) is 6.04. The Hall–Kier alpha value is -1.22. The number of nitrogens with one attached hydrogen (secondary N) is 1. The molecule has 112 valence electrons. The normalized spacial score (nSPS) is 24.6. The van der Waals surface area contributed by atoms with E-state index in [1.165, 1.54) is 16.7 Å². The Balaban J connectivity index is 2.38. The van der Waals surface area contributed by atoms with E-state index in [9.17, 15) is 8.42 Å². The van der Waals surface area contributed by atoms with Gasteiger partial charge >= 0.3 is 0 Å². The number of aliphatic hydroxyl groups is 1. The van der Waals surface area contributed by atoms with Crippen LogP contribution < -0.4 is 5.32 Å². The highest BCUT2D eigenvalue weighted by Gasteiger charge is 2.36. The van der Waals surface area contributed by atoms with Crippen molar-refractivity contribution < 1.29 is 18.3 Å². The Labute approximate surface area is 118 Å². The summed E-state index contributed by atoms with van der Waals surface area (Å²) in [6.45, 7) is 1.98. The highest BCUT2D eigenvalue weighted by Crippen LogP contribution is 2.26. The Kier molecular flexibility index (Phi) is 4.59. The van der Waals surface area contributed by atoms with Crippen molar-refractivity contribution in [3.8, 4) is 0 Å². The summed E-state index contributed by atoms with van der Waals surface area (Å²) in [5.41, 5.74) is 0.499. The van der Waals surface area contributed by atoms with E-state index in [4.69, 9.17) is 9.84 Å². The first-order chi connectivity index (χ1) is 9.50. The molecule has 0 radical (unpaired) electrons. The van der Waals surface area contributed by atoms with Gasteiger partial charge in [-0.2, -0.15) is 4.31 Å². The molecule has 8 heteroatoms. The standard InChI is InChI=1S/C12H19N3O4S/c1-9-8-19-10(7-16)6-15(9)20(17,18)12-5-14-4-3-11(12)13-2/h3-5,9-10,16H,6-8H2,1-2H3,(H,13,14). The smallest absolute Gasteiger partial charge is 0.247 e. The molecule has 1 fully saturated rings. The van der Waals surface area contributed by atoms with Crippen molar-refractivity contribution in [1.82, 2.24) is 9.29 Å². The maximum atomic E-state index is 12.7. The monoisotopic (exact) mass is 301 g/mol. The summed E-state index contributed by atoms with van der Waals surface area (Å²) >= 11 is 0. The van der Waals surface area contributed by atoms with Crippen LogP contribution in [0.4, 0.5) is 5.69 Å². The van der Waals surface area contributed by atoms with E-state index in [1.807, 2.05) is 0 Å². The fourth-order valence-electron chi connectivity index (χ4n) is 2.16. The van der Waals surface area contributed by atoms with Gasteiger partial charge in [0.25, 0.3) is 0 Å². The molecule has 0 aromatic carbocycles. The zero-order valence-electron chi connectivity index (χ0n) is 11.5. The van der Waals surface area contributed by atoms with E-state index in [1.54, 1.807) is 20.0 Å². The van der Waals surface area contributed by atoms with Crippen molar-refractivity contribution in [3.63, 3.8) is 0 Å². The van der Waals surface area contributed by atoms with Gasteiger partial charge in [-0.05, 0) is 13.0 Å². The summed E-state index contributed by atoms with van der Waals surface area (Å²) in [6.07, 6.45) is 2.37. The molecule has 20 heavy (non-hydrogen) atoms. The molecule has 2 unspecified atom stereocenters. The summed E-state index contributed by atoms with van der Waals surface area (Å²) in [7, 11) is -2.02. The zero-order valence-corrected chi connectivity index (χ0v) is 12.3. The van der Waals surface area contributed by atoms with Crippen LogP contribution in [-0.4, -0.2) is 61.8 Å². The van der Waals surface area contributed by atoms with E-state index < -0.39 is 16.1 Å². The predicted octanol–water partition coefficient (Wildman–Crippen LogP) is -0.106. The number of ether oxygens (including phenoxy) is 1.